The zero-order chi connectivity index (χ0) is 15.1. The Morgan fingerprint density at radius 2 is 2.09 bits per heavy atom. The molecule has 0 radical (unpaired) electrons. The van der Waals surface area contributed by atoms with Crippen LogP contribution in [0, 0.1) is 5.82 Å². The molecule has 2 aliphatic heterocycles. The number of rotatable bonds is 1. The first kappa shape index (κ1) is 13.0. The fourth-order valence-electron chi connectivity index (χ4n) is 2.75. The van der Waals surface area contributed by atoms with Gasteiger partial charge >= 0.3 is 0 Å². The number of hydrogen-bond donors (Lipinski definition) is 1. The van der Waals surface area contributed by atoms with Gasteiger partial charge in [-0.1, -0.05) is 18.2 Å². The van der Waals surface area contributed by atoms with Crippen LogP contribution in [0.3, 0.4) is 0 Å². The van der Waals surface area contributed by atoms with Gasteiger partial charge in [-0.15, -0.1) is 0 Å². The molecule has 4 nitrogen and oxygen atoms in total. The molecule has 0 aliphatic carbocycles. The molecule has 2 aromatic rings. The second-order valence-corrected chi connectivity index (χ2v) is 5.15. The Balaban J connectivity index is 1.87. The van der Waals surface area contributed by atoms with Crippen molar-refractivity contribution >= 4 is 23.2 Å². The molecule has 2 aromatic carbocycles. The van der Waals surface area contributed by atoms with Gasteiger partial charge in [0, 0.05) is 28.0 Å². The van der Waals surface area contributed by atoms with Crippen molar-refractivity contribution in [3.8, 4) is 5.75 Å². The highest BCUT2D eigenvalue weighted by atomic mass is 19.1. The van der Waals surface area contributed by atoms with E-state index in [9.17, 15) is 9.18 Å². The maximum atomic E-state index is 13.8. The number of para-hydroxylation sites is 1. The van der Waals surface area contributed by atoms with Gasteiger partial charge < -0.3 is 14.8 Å². The first-order chi connectivity index (χ1) is 10.7. The fraction of sp³-hybridized carbons (Fsp3) is 0.118. The fourth-order valence-corrected chi connectivity index (χ4v) is 2.75. The number of carbonyl (C=O) groups is 1. The average Bonchev–Trinajstić information content (AvgIpc) is 2.83. The number of hydrogen-bond acceptors (Lipinski definition) is 3. The number of halogens is 1. The van der Waals surface area contributed by atoms with E-state index >= 15 is 0 Å². The van der Waals surface area contributed by atoms with Gasteiger partial charge in [0.2, 0.25) is 0 Å². The summed E-state index contributed by atoms with van der Waals surface area (Å²) in [5.74, 6) is -0.0185. The predicted molar refractivity (Wildman–Crippen MR) is 79.6 cm³/mol. The van der Waals surface area contributed by atoms with Gasteiger partial charge in [-0.05, 0) is 24.3 Å². The molecule has 0 atom stereocenters. The Morgan fingerprint density at radius 3 is 3.00 bits per heavy atom. The predicted octanol–water partition coefficient (Wildman–Crippen LogP) is 3.18. The van der Waals surface area contributed by atoms with Gasteiger partial charge in [-0.2, -0.15) is 0 Å². The van der Waals surface area contributed by atoms with E-state index in [1.54, 1.807) is 6.08 Å². The zero-order valence-electron chi connectivity index (χ0n) is 11.6. The molecule has 0 bridgehead atoms. The van der Waals surface area contributed by atoms with E-state index in [0.29, 0.717) is 29.1 Å². The minimum atomic E-state index is -0.383. The molecule has 2 aliphatic rings. The van der Waals surface area contributed by atoms with Crippen molar-refractivity contribution in [2.24, 2.45) is 0 Å². The molecule has 0 aromatic heterocycles. The van der Waals surface area contributed by atoms with Crippen LogP contribution >= 0.6 is 0 Å². The molecule has 22 heavy (non-hydrogen) atoms. The van der Waals surface area contributed by atoms with Crippen LogP contribution in [0.4, 0.5) is 10.1 Å². The van der Waals surface area contributed by atoms with Crippen molar-refractivity contribution in [1.82, 2.24) is 0 Å². The molecule has 1 amide bonds. The van der Waals surface area contributed by atoms with Gasteiger partial charge in [0.15, 0.2) is 6.79 Å². The number of amides is 1. The summed E-state index contributed by atoms with van der Waals surface area (Å²) in [7, 11) is 0. The van der Waals surface area contributed by atoms with Crippen LogP contribution in [0.25, 0.3) is 11.6 Å². The lowest BCUT2D eigenvalue weighted by atomic mass is 10.0. The van der Waals surface area contributed by atoms with E-state index in [1.165, 1.54) is 12.1 Å². The van der Waals surface area contributed by atoms with Gasteiger partial charge in [0.05, 0.1) is 6.61 Å². The number of benzene rings is 2. The van der Waals surface area contributed by atoms with E-state index < -0.39 is 0 Å². The summed E-state index contributed by atoms with van der Waals surface area (Å²) in [6, 6.07) is 10.2. The van der Waals surface area contributed by atoms with E-state index in [0.717, 1.165) is 11.3 Å². The Bertz CT molecular complexity index is 814. The quantitative estimate of drug-likeness (QED) is 0.822. The largest absolute Gasteiger partial charge is 0.467 e. The van der Waals surface area contributed by atoms with Gasteiger partial charge in [0.1, 0.15) is 11.6 Å². The standard InChI is InChI=1S/C17H12FNO3/c18-12-5-10(16-11(6-12)8-21-9-22-16)7-14-13-3-1-2-4-15(13)19-17(14)20/h1-7H,8-9H2,(H,19,20)/b14-7+. The highest BCUT2D eigenvalue weighted by molar-refractivity contribution is 6.35. The number of nitrogens with one attached hydrogen (secondary N) is 1. The lowest BCUT2D eigenvalue weighted by Crippen LogP contribution is -2.13. The molecule has 0 spiro atoms. The van der Waals surface area contributed by atoms with E-state index in [4.69, 9.17) is 9.47 Å². The molecular weight excluding hydrogens is 285 g/mol. The topological polar surface area (TPSA) is 47.6 Å². The van der Waals surface area contributed by atoms with E-state index in [-0.39, 0.29) is 18.5 Å². The maximum Gasteiger partial charge on any atom is 0.256 e. The zero-order valence-corrected chi connectivity index (χ0v) is 11.6. The van der Waals surface area contributed by atoms with E-state index in [1.807, 2.05) is 24.3 Å². The Labute approximate surface area is 126 Å². The Hall–Kier alpha value is -2.66. The van der Waals surface area contributed by atoms with Gasteiger partial charge in [-0.25, -0.2) is 4.39 Å². The van der Waals surface area contributed by atoms with Crippen molar-refractivity contribution in [1.29, 1.82) is 0 Å². The summed E-state index contributed by atoms with van der Waals surface area (Å²) in [6.45, 7) is 0.420. The van der Waals surface area contributed by atoms with Crippen LogP contribution < -0.4 is 10.1 Å². The van der Waals surface area contributed by atoms with Crippen LogP contribution in [0.5, 0.6) is 5.75 Å². The monoisotopic (exact) mass is 297 g/mol. The number of carbonyl (C=O) groups excluding carboxylic acids is 1. The van der Waals surface area contributed by atoms with Crippen LogP contribution in [-0.2, 0) is 16.1 Å². The molecule has 0 saturated heterocycles. The third kappa shape index (κ3) is 2.07. The van der Waals surface area contributed by atoms with Gasteiger partial charge in [-0.3, -0.25) is 4.79 Å². The number of fused-ring (bicyclic) bond motifs is 2. The van der Waals surface area contributed by atoms with Crippen LogP contribution in [0.15, 0.2) is 36.4 Å². The van der Waals surface area contributed by atoms with E-state index in [2.05, 4.69) is 5.32 Å². The molecule has 2 heterocycles. The van der Waals surface area contributed by atoms with Gasteiger partial charge in [0.25, 0.3) is 5.91 Å². The summed E-state index contributed by atoms with van der Waals surface area (Å²) in [5, 5.41) is 2.80. The molecular formula is C17H12FNO3. The number of ether oxygens (including phenoxy) is 2. The lowest BCUT2D eigenvalue weighted by molar-refractivity contribution is -0.110. The second-order valence-electron chi connectivity index (χ2n) is 5.15. The molecule has 0 unspecified atom stereocenters. The van der Waals surface area contributed by atoms with Crippen molar-refractivity contribution in [2.75, 3.05) is 12.1 Å². The normalized spacial score (nSPS) is 17.7. The SMILES string of the molecule is O=C1Nc2ccccc2/C1=C\c1cc(F)cc2c1OCOC2. The Kier molecular flexibility index (Phi) is 2.94. The molecule has 0 saturated carbocycles. The van der Waals surface area contributed by atoms with Crippen molar-refractivity contribution in [3.63, 3.8) is 0 Å². The first-order valence-corrected chi connectivity index (χ1v) is 6.88. The smallest absolute Gasteiger partial charge is 0.256 e. The molecule has 0 fully saturated rings. The third-order valence-electron chi connectivity index (χ3n) is 3.71. The number of anilines is 1. The van der Waals surface area contributed by atoms with Crippen LogP contribution in [0.1, 0.15) is 16.7 Å². The minimum Gasteiger partial charge on any atom is -0.467 e. The second kappa shape index (κ2) is 4.96. The van der Waals surface area contributed by atoms with Crippen molar-refractivity contribution in [2.45, 2.75) is 6.61 Å². The first-order valence-electron chi connectivity index (χ1n) is 6.88. The summed E-state index contributed by atoms with van der Waals surface area (Å²) in [5.41, 5.74) is 3.24. The molecule has 1 N–H and O–H groups in total. The third-order valence-corrected chi connectivity index (χ3v) is 3.71. The molecule has 4 rings (SSSR count). The highest BCUT2D eigenvalue weighted by Crippen LogP contribution is 2.36. The minimum absolute atomic E-state index is 0.123. The van der Waals surface area contributed by atoms with Crippen molar-refractivity contribution < 1.29 is 18.7 Å². The summed E-state index contributed by atoms with van der Waals surface area (Å²) >= 11 is 0. The molecule has 110 valence electrons. The van der Waals surface area contributed by atoms with Crippen LogP contribution in [-0.4, -0.2) is 12.7 Å². The summed E-state index contributed by atoms with van der Waals surface area (Å²) in [4.78, 5) is 12.1. The average molecular weight is 297 g/mol. The lowest BCUT2D eigenvalue weighted by Gasteiger charge is -2.19. The summed E-state index contributed by atoms with van der Waals surface area (Å²) in [6.07, 6.45) is 1.66. The Morgan fingerprint density at radius 1 is 1.23 bits per heavy atom. The molecule has 5 heteroatoms. The maximum absolute atomic E-state index is 13.8. The highest BCUT2D eigenvalue weighted by Gasteiger charge is 2.25. The van der Waals surface area contributed by atoms with Crippen molar-refractivity contribution in [3.05, 3.63) is 58.9 Å². The summed E-state index contributed by atoms with van der Waals surface area (Å²) < 4.78 is 24.4. The van der Waals surface area contributed by atoms with Crippen LogP contribution in [0.2, 0.25) is 0 Å².